The summed E-state index contributed by atoms with van der Waals surface area (Å²) in [4.78, 5) is 0. The largest absolute Gasteiger partial charge is 0.471 e. The molecule has 18 heavy (non-hydrogen) atoms. The molecule has 0 saturated heterocycles. The Hall–Kier alpha value is 0.394. The molecule has 0 unspecified atom stereocenters. The number of rotatable bonds is 0. The topological polar surface area (TPSA) is 9.23 Å². The van der Waals surface area contributed by atoms with Crippen LogP contribution in [0.1, 0.15) is 69.2 Å². The van der Waals surface area contributed by atoms with Crippen LogP contribution in [0, 0.1) is 27.1 Å². The van der Waals surface area contributed by atoms with Crippen LogP contribution in [0.5, 0.6) is 0 Å². The molecule has 0 radical (unpaired) electrons. The second-order valence-electron chi connectivity index (χ2n) is 8.53. The molecule has 0 atom stereocenters. The average Bonchev–Trinajstić information content (AvgIpc) is 2.20. The van der Waals surface area contributed by atoms with Gasteiger partial charge >= 0.3 is 0 Å². The first-order valence-corrected chi connectivity index (χ1v) is 8.70. The van der Waals surface area contributed by atoms with Crippen molar-refractivity contribution in [2.75, 3.05) is 0 Å². The fraction of sp³-hybridized carbons (Fsp3) is 1.00. The Morgan fingerprint density at radius 3 is 0.556 bits per heavy atom. The standard InChI is InChI=1S/C15H30.H6OSi2/c1-11(2)12(3,4)14(7,8)15(9,10)13(11,5)6;2-1-3/h1-10H3;2-3H3. The summed E-state index contributed by atoms with van der Waals surface area (Å²) in [5, 5.41) is 0. The molecule has 0 amide bonds. The van der Waals surface area contributed by atoms with E-state index in [2.05, 4.69) is 73.4 Å². The van der Waals surface area contributed by atoms with E-state index in [1.807, 2.05) is 0 Å². The predicted octanol–water partition coefficient (Wildman–Crippen LogP) is 2.69. The van der Waals surface area contributed by atoms with Crippen molar-refractivity contribution in [1.82, 2.24) is 0 Å². The van der Waals surface area contributed by atoms with E-state index < -0.39 is 0 Å². The lowest BCUT2D eigenvalue weighted by Gasteiger charge is -2.47. The average molecular weight is 289 g/mol. The first-order valence-electron chi connectivity index (χ1n) is 7.07. The van der Waals surface area contributed by atoms with Crippen molar-refractivity contribution in [3.05, 3.63) is 0 Å². The van der Waals surface area contributed by atoms with Gasteiger partial charge in [-0.25, -0.2) is 0 Å². The van der Waals surface area contributed by atoms with Gasteiger partial charge in [0.15, 0.2) is 0 Å². The van der Waals surface area contributed by atoms with Crippen molar-refractivity contribution in [3.8, 4) is 0 Å². The van der Waals surface area contributed by atoms with E-state index in [4.69, 9.17) is 0 Å². The van der Waals surface area contributed by atoms with Crippen molar-refractivity contribution in [2.24, 2.45) is 27.1 Å². The Kier molecular flexibility index (Phi) is 4.85. The molecule has 1 saturated carbocycles. The zero-order valence-corrected chi connectivity index (χ0v) is 18.9. The van der Waals surface area contributed by atoms with E-state index in [-0.39, 0.29) is 0 Å². The summed E-state index contributed by atoms with van der Waals surface area (Å²) >= 11 is 0. The lowest BCUT2D eigenvalue weighted by Crippen LogP contribution is -2.40. The minimum absolute atomic E-state index is 0.354. The second-order valence-corrected chi connectivity index (χ2v) is 11.8. The molecule has 0 aliphatic heterocycles. The van der Waals surface area contributed by atoms with Gasteiger partial charge in [-0.2, -0.15) is 0 Å². The Labute approximate surface area is 122 Å². The number of hydrogen-bond acceptors (Lipinski definition) is 1. The van der Waals surface area contributed by atoms with E-state index in [9.17, 15) is 0 Å². The molecule has 3 heteroatoms. The molecule has 1 nitrogen and oxygen atoms in total. The molecular formula is C15H36OSi2. The normalized spacial score (nSPS) is 29.7. The van der Waals surface area contributed by atoms with Crippen LogP contribution >= 0.6 is 0 Å². The van der Waals surface area contributed by atoms with E-state index in [1.165, 1.54) is 0 Å². The fourth-order valence-electron chi connectivity index (χ4n) is 3.91. The lowest BCUT2D eigenvalue weighted by molar-refractivity contribution is 0.0135. The summed E-state index contributed by atoms with van der Waals surface area (Å²) in [6.07, 6.45) is 0. The van der Waals surface area contributed by atoms with Crippen LogP contribution in [-0.4, -0.2) is 21.0 Å². The van der Waals surface area contributed by atoms with Gasteiger partial charge in [-0.05, 0) is 27.1 Å². The van der Waals surface area contributed by atoms with Gasteiger partial charge in [0.05, 0.1) is 0 Å². The third-order valence-corrected chi connectivity index (χ3v) is 7.81. The van der Waals surface area contributed by atoms with Crippen molar-refractivity contribution in [1.29, 1.82) is 0 Å². The SMILES string of the molecule is CC1(C)C(C)(C)C(C)(C)C(C)(C)C1(C)C.[SiH3]O[SiH3]. The Morgan fingerprint density at radius 2 is 0.500 bits per heavy atom. The summed E-state index contributed by atoms with van der Waals surface area (Å²) in [7, 11) is 1.86. The molecule has 0 aromatic rings. The van der Waals surface area contributed by atoms with Gasteiger partial charge in [-0.15, -0.1) is 0 Å². The summed E-state index contributed by atoms with van der Waals surface area (Å²) in [6.45, 7) is 24.5. The lowest BCUT2D eigenvalue weighted by atomic mass is 9.57. The maximum Gasteiger partial charge on any atom is 0.129 e. The smallest absolute Gasteiger partial charge is 0.129 e. The minimum Gasteiger partial charge on any atom is -0.471 e. The van der Waals surface area contributed by atoms with E-state index in [0.29, 0.717) is 27.1 Å². The zero-order chi connectivity index (χ0) is 15.2. The third kappa shape index (κ3) is 1.89. The highest BCUT2D eigenvalue weighted by molar-refractivity contribution is 6.15. The maximum atomic E-state index is 4.53. The molecule has 0 N–H and O–H groups in total. The fourth-order valence-corrected chi connectivity index (χ4v) is 3.91. The van der Waals surface area contributed by atoms with Gasteiger partial charge in [0.25, 0.3) is 0 Å². The van der Waals surface area contributed by atoms with Gasteiger partial charge in [-0.3, -0.25) is 0 Å². The molecule has 0 heterocycles. The van der Waals surface area contributed by atoms with Crippen LogP contribution in [0.2, 0.25) is 0 Å². The van der Waals surface area contributed by atoms with Crippen LogP contribution in [-0.2, 0) is 4.12 Å². The van der Waals surface area contributed by atoms with Gasteiger partial charge in [0.2, 0.25) is 0 Å². The Bertz CT molecular complexity index is 212. The number of hydrogen-bond donors (Lipinski definition) is 0. The highest BCUT2D eigenvalue weighted by Gasteiger charge is 2.71. The first kappa shape index (κ1) is 18.4. The van der Waals surface area contributed by atoms with Gasteiger partial charge in [0, 0.05) is 0 Å². The van der Waals surface area contributed by atoms with Gasteiger partial charge < -0.3 is 4.12 Å². The van der Waals surface area contributed by atoms with Gasteiger partial charge in [-0.1, -0.05) is 69.2 Å². The highest BCUT2D eigenvalue weighted by Crippen LogP contribution is 2.77. The zero-order valence-electron chi connectivity index (χ0n) is 14.9. The molecule has 110 valence electrons. The first-order chi connectivity index (χ1) is 7.66. The van der Waals surface area contributed by atoms with E-state index in [0.717, 1.165) is 21.0 Å². The van der Waals surface area contributed by atoms with Crippen molar-refractivity contribution in [3.63, 3.8) is 0 Å². The maximum absolute atomic E-state index is 4.53. The van der Waals surface area contributed by atoms with Crippen LogP contribution in [0.3, 0.4) is 0 Å². The van der Waals surface area contributed by atoms with Crippen molar-refractivity contribution in [2.45, 2.75) is 69.2 Å². The Morgan fingerprint density at radius 1 is 0.444 bits per heavy atom. The van der Waals surface area contributed by atoms with Crippen molar-refractivity contribution >= 4 is 21.0 Å². The molecule has 0 bridgehead atoms. The van der Waals surface area contributed by atoms with Crippen LogP contribution in [0.25, 0.3) is 0 Å². The molecule has 1 fully saturated rings. The van der Waals surface area contributed by atoms with E-state index in [1.54, 1.807) is 0 Å². The van der Waals surface area contributed by atoms with Crippen LogP contribution in [0.4, 0.5) is 0 Å². The summed E-state index contributed by atoms with van der Waals surface area (Å²) in [5.41, 5.74) is 1.77. The summed E-state index contributed by atoms with van der Waals surface area (Å²) < 4.78 is 4.53. The molecular weight excluding hydrogens is 252 g/mol. The minimum atomic E-state index is 0.354. The monoisotopic (exact) mass is 288 g/mol. The Balaban J connectivity index is 0.000000873. The van der Waals surface area contributed by atoms with Crippen LogP contribution in [0.15, 0.2) is 0 Å². The molecule has 0 aromatic carbocycles. The van der Waals surface area contributed by atoms with Crippen LogP contribution < -0.4 is 0 Å². The van der Waals surface area contributed by atoms with Gasteiger partial charge in [0.1, 0.15) is 21.0 Å². The third-order valence-electron chi connectivity index (χ3n) is 7.81. The molecule has 1 rings (SSSR count). The molecule has 1 aliphatic rings. The summed E-state index contributed by atoms with van der Waals surface area (Å²) in [6, 6.07) is 0. The summed E-state index contributed by atoms with van der Waals surface area (Å²) in [5.74, 6) is 0. The van der Waals surface area contributed by atoms with E-state index >= 15 is 0 Å². The second kappa shape index (κ2) is 4.74. The molecule has 0 spiro atoms. The predicted molar refractivity (Wildman–Crippen MR) is 89.9 cm³/mol. The van der Waals surface area contributed by atoms with Crippen molar-refractivity contribution < 1.29 is 4.12 Å². The highest BCUT2D eigenvalue weighted by atomic mass is 28.3. The quantitative estimate of drug-likeness (QED) is 0.623. The molecule has 1 aliphatic carbocycles. The molecule has 0 aromatic heterocycles.